The highest BCUT2D eigenvalue weighted by atomic mass is 16.6. The molecule has 0 saturated heterocycles. The SMILES string of the molecule is CCc1cccc(CNCC(O)C(Cc2ccccc2)OC(=O)NC(C)(C)C)c1. The van der Waals surface area contributed by atoms with Gasteiger partial charge >= 0.3 is 6.09 Å². The molecule has 2 unspecified atom stereocenters. The van der Waals surface area contributed by atoms with Gasteiger partial charge in [-0.15, -0.1) is 0 Å². The minimum absolute atomic E-state index is 0.330. The number of aliphatic hydroxyl groups is 1. The Balaban J connectivity index is 1.97. The first-order valence-electron chi connectivity index (χ1n) is 10.3. The van der Waals surface area contributed by atoms with Crippen molar-refractivity contribution < 1.29 is 14.6 Å². The van der Waals surface area contributed by atoms with E-state index in [0.717, 1.165) is 12.0 Å². The number of carbonyl (C=O) groups excluding carboxylic acids is 1. The highest BCUT2D eigenvalue weighted by Crippen LogP contribution is 2.12. The number of carbonyl (C=O) groups is 1. The van der Waals surface area contributed by atoms with Gasteiger partial charge in [-0.1, -0.05) is 61.5 Å². The first-order valence-corrected chi connectivity index (χ1v) is 10.3. The van der Waals surface area contributed by atoms with Gasteiger partial charge in [0.05, 0.1) is 0 Å². The largest absolute Gasteiger partial charge is 0.443 e. The molecular formula is C24H34N2O3. The standard InChI is InChI=1S/C24H34N2O3/c1-5-18-12-9-13-20(14-18)16-25-17-21(27)22(15-19-10-7-6-8-11-19)29-23(28)26-24(2,3)4/h6-14,21-22,25,27H,5,15-17H2,1-4H3,(H,26,28). The van der Waals surface area contributed by atoms with Crippen LogP contribution in [0.4, 0.5) is 4.79 Å². The van der Waals surface area contributed by atoms with Crippen molar-refractivity contribution in [3.05, 3.63) is 71.3 Å². The van der Waals surface area contributed by atoms with Gasteiger partial charge in [-0.3, -0.25) is 0 Å². The van der Waals surface area contributed by atoms with Crippen LogP contribution in [-0.4, -0.2) is 35.5 Å². The van der Waals surface area contributed by atoms with E-state index in [-0.39, 0.29) is 0 Å². The molecule has 158 valence electrons. The molecule has 0 aliphatic heterocycles. The normalized spacial score (nSPS) is 13.6. The van der Waals surface area contributed by atoms with Crippen LogP contribution in [0.1, 0.15) is 44.4 Å². The van der Waals surface area contributed by atoms with E-state index in [1.54, 1.807) is 0 Å². The van der Waals surface area contributed by atoms with Crippen molar-refractivity contribution in [3.8, 4) is 0 Å². The lowest BCUT2D eigenvalue weighted by molar-refractivity contribution is 0.00143. The third kappa shape index (κ3) is 8.67. The number of rotatable bonds is 9. The van der Waals surface area contributed by atoms with Crippen molar-refractivity contribution >= 4 is 6.09 Å². The molecule has 3 N–H and O–H groups in total. The maximum atomic E-state index is 12.3. The Morgan fingerprint density at radius 2 is 1.69 bits per heavy atom. The molecule has 1 amide bonds. The molecule has 2 rings (SSSR count). The molecule has 5 nitrogen and oxygen atoms in total. The summed E-state index contributed by atoms with van der Waals surface area (Å²) in [5.41, 5.74) is 3.06. The topological polar surface area (TPSA) is 70.6 Å². The van der Waals surface area contributed by atoms with Crippen LogP contribution in [0.3, 0.4) is 0 Å². The number of benzene rings is 2. The Hall–Kier alpha value is -2.37. The summed E-state index contributed by atoms with van der Waals surface area (Å²) in [5.74, 6) is 0. The summed E-state index contributed by atoms with van der Waals surface area (Å²) >= 11 is 0. The molecule has 0 fully saturated rings. The Morgan fingerprint density at radius 3 is 2.34 bits per heavy atom. The molecule has 0 spiro atoms. The van der Waals surface area contributed by atoms with Crippen molar-refractivity contribution in [1.82, 2.24) is 10.6 Å². The predicted molar refractivity (Wildman–Crippen MR) is 117 cm³/mol. The van der Waals surface area contributed by atoms with Crippen LogP contribution in [0, 0.1) is 0 Å². The van der Waals surface area contributed by atoms with Crippen molar-refractivity contribution in [2.45, 2.75) is 64.8 Å². The van der Waals surface area contributed by atoms with E-state index in [4.69, 9.17) is 4.74 Å². The fraction of sp³-hybridized carbons (Fsp3) is 0.458. The highest BCUT2D eigenvalue weighted by Gasteiger charge is 2.25. The van der Waals surface area contributed by atoms with E-state index in [1.165, 1.54) is 11.1 Å². The van der Waals surface area contributed by atoms with E-state index in [1.807, 2.05) is 57.2 Å². The fourth-order valence-electron chi connectivity index (χ4n) is 3.03. The molecule has 0 bridgehead atoms. The molecule has 2 aromatic rings. The van der Waals surface area contributed by atoms with Crippen LogP contribution in [0.5, 0.6) is 0 Å². The summed E-state index contributed by atoms with van der Waals surface area (Å²) in [5, 5.41) is 16.8. The highest BCUT2D eigenvalue weighted by molar-refractivity contribution is 5.68. The quantitative estimate of drug-likeness (QED) is 0.600. The second-order valence-corrected chi connectivity index (χ2v) is 8.38. The zero-order chi connectivity index (χ0) is 21.3. The maximum Gasteiger partial charge on any atom is 0.407 e. The van der Waals surface area contributed by atoms with Crippen LogP contribution in [0.15, 0.2) is 54.6 Å². The first kappa shape index (κ1) is 22.9. The Bertz CT molecular complexity index is 756. The lowest BCUT2D eigenvalue weighted by Crippen LogP contribution is -2.46. The lowest BCUT2D eigenvalue weighted by atomic mass is 10.0. The van der Waals surface area contributed by atoms with Gasteiger partial charge in [0.15, 0.2) is 0 Å². The predicted octanol–water partition coefficient (Wildman–Crippen LogP) is 3.84. The Morgan fingerprint density at radius 1 is 1.03 bits per heavy atom. The number of nitrogens with one attached hydrogen (secondary N) is 2. The maximum absolute atomic E-state index is 12.3. The second kappa shape index (κ2) is 11.0. The number of alkyl carbamates (subject to hydrolysis) is 1. The summed E-state index contributed by atoms with van der Waals surface area (Å²) in [7, 11) is 0. The van der Waals surface area contributed by atoms with Gasteiger partial charge in [0.1, 0.15) is 12.2 Å². The van der Waals surface area contributed by atoms with Crippen LogP contribution in [0.25, 0.3) is 0 Å². The first-order chi connectivity index (χ1) is 13.8. The zero-order valence-corrected chi connectivity index (χ0v) is 17.9. The molecule has 5 heteroatoms. The van der Waals surface area contributed by atoms with Gasteiger partial charge in [-0.2, -0.15) is 0 Å². The van der Waals surface area contributed by atoms with E-state index in [9.17, 15) is 9.90 Å². The molecule has 29 heavy (non-hydrogen) atoms. The van der Waals surface area contributed by atoms with Crippen molar-refractivity contribution in [1.29, 1.82) is 0 Å². The molecule has 0 aromatic heterocycles. The average Bonchev–Trinajstić information content (AvgIpc) is 2.67. The van der Waals surface area contributed by atoms with Crippen molar-refractivity contribution in [2.75, 3.05) is 6.54 Å². The number of aryl methyl sites for hydroxylation is 1. The van der Waals surface area contributed by atoms with Gasteiger partial charge in [0, 0.05) is 25.0 Å². The van der Waals surface area contributed by atoms with E-state index in [0.29, 0.717) is 19.5 Å². The summed E-state index contributed by atoms with van der Waals surface area (Å²) in [6.45, 7) is 8.78. The van der Waals surface area contributed by atoms with Crippen LogP contribution >= 0.6 is 0 Å². The van der Waals surface area contributed by atoms with Crippen molar-refractivity contribution in [2.24, 2.45) is 0 Å². The monoisotopic (exact) mass is 398 g/mol. The number of hydrogen-bond donors (Lipinski definition) is 3. The smallest absolute Gasteiger partial charge is 0.407 e. The van der Waals surface area contributed by atoms with Crippen LogP contribution < -0.4 is 10.6 Å². The third-order valence-corrected chi connectivity index (χ3v) is 4.53. The van der Waals surface area contributed by atoms with E-state index < -0.39 is 23.8 Å². The Kier molecular flexibility index (Phi) is 8.68. The zero-order valence-electron chi connectivity index (χ0n) is 17.9. The molecule has 0 heterocycles. The molecule has 0 aliphatic carbocycles. The number of hydrogen-bond acceptors (Lipinski definition) is 4. The van der Waals surface area contributed by atoms with Crippen LogP contribution in [0.2, 0.25) is 0 Å². The summed E-state index contributed by atoms with van der Waals surface area (Å²) in [6.07, 6.45) is -0.545. The summed E-state index contributed by atoms with van der Waals surface area (Å²) < 4.78 is 5.59. The molecule has 0 radical (unpaired) electrons. The van der Waals surface area contributed by atoms with Gasteiger partial charge < -0.3 is 20.5 Å². The van der Waals surface area contributed by atoms with Crippen LogP contribution in [-0.2, 0) is 24.1 Å². The summed E-state index contributed by atoms with van der Waals surface area (Å²) in [6, 6.07) is 18.1. The Labute approximate surface area is 174 Å². The molecule has 0 saturated carbocycles. The minimum Gasteiger partial charge on any atom is -0.443 e. The third-order valence-electron chi connectivity index (χ3n) is 4.53. The number of ether oxygens (including phenoxy) is 1. The molecule has 2 aromatic carbocycles. The van der Waals surface area contributed by atoms with E-state index >= 15 is 0 Å². The van der Waals surface area contributed by atoms with Gasteiger partial charge in [-0.05, 0) is 43.9 Å². The number of aliphatic hydroxyl groups excluding tert-OH is 1. The van der Waals surface area contributed by atoms with Crippen molar-refractivity contribution in [3.63, 3.8) is 0 Å². The second-order valence-electron chi connectivity index (χ2n) is 8.38. The molecule has 0 aliphatic rings. The molecule has 2 atom stereocenters. The van der Waals surface area contributed by atoms with Gasteiger partial charge in [0.25, 0.3) is 0 Å². The number of amides is 1. The van der Waals surface area contributed by atoms with Gasteiger partial charge in [0.2, 0.25) is 0 Å². The lowest BCUT2D eigenvalue weighted by Gasteiger charge is -2.27. The molecular weight excluding hydrogens is 364 g/mol. The fourth-order valence-corrected chi connectivity index (χ4v) is 3.03. The van der Waals surface area contributed by atoms with Gasteiger partial charge in [-0.25, -0.2) is 4.79 Å². The minimum atomic E-state index is -0.824. The summed E-state index contributed by atoms with van der Waals surface area (Å²) in [4.78, 5) is 12.3. The van der Waals surface area contributed by atoms with E-state index in [2.05, 4.69) is 35.8 Å². The average molecular weight is 399 g/mol.